The molecule has 9 heteroatoms. The van der Waals surface area contributed by atoms with Gasteiger partial charge in [0.05, 0.1) is 12.1 Å². The van der Waals surface area contributed by atoms with Crippen LogP contribution in [0.25, 0.3) is 11.4 Å². The Labute approximate surface area is 153 Å². The van der Waals surface area contributed by atoms with Gasteiger partial charge in [-0.2, -0.15) is 16.3 Å². The van der Waals surface area contributed by atoms with Crippen LogP contribution < -0.4 is 5.56 Å². The van der Waals surface area contributed by atoms with E-state index in [-0.39, 0.29) is 11.5 Å². The number of hydrogen-bond donors (Lipinski definition) is 1. The maximum absolute atomic E-state index is 12.5. The molecule has 3 aromatic rings. The van der Waals surface area contributed by atoms with Crippen molar-refractivity contribution in [1.82, 2.24) is 24.9 Å². The highest BCUT2D eigenvalue weighted by Gasteiger charge is 2.23. The predicted molar refractivity (Wildman–Crippen MR) is 95.9 cm³/mol. The quantitative estimate of drug-likeness (QED) is 0.746. The summed E-state index contributed by atoms with van der Waals surface area (Å²) in [6.45, 7) is 3.25. The number of nitrogens with one attached hydrogen (secondary N) is 1. The molecule has 3 aromatic heterocycles. The van der Waals surface area contributed by atoms with E-state index in [9.17, 15) is 9.59 Å². The van der Waals surface area contributed by atoms with Crippen molar-refractivity contribution in [3.8, 4) is 11.4 Å². The second-order valence-corrected chi connectivity index (χ2v) is 6.81. The number of hydrogen-bond acceptors (Lipinski definition) is 7. The van der Waals surface area contributed by atoms with Crippen molar-refractivity contribution in [3.05, 3.63) is 57.0 Å². The molecule has 4 rings (SSSR count). The van der Waals surface area contributed by atoms with Gasteiger partial charge in [-0.3, -0.25) is 14.5 Å². The number of carbonyl (C=O) groups is 1. The van der Waals surface area contributed by atoms with Gasteiger partial charge in [-0.1, -0.05) is 5.16 Å². The van der Waals surface area contributed by atoms with Gasteiger partial charge in [0.2, 0.25) is 17.3 Å². The van der Waals surface area contributed by atoms with Crippen molar-refractivity contribution >= 4 is 17.2 Å². The fourth-order valence-electron chi connectivity index (χ4n) is 2.85. The lowest BCUT2D eigenvalue weighted by Crippen LogP contribution is -2.48. The van der Waals surface area contributed by atoms with E-state index < -0.39 is 0 Å². The number of nitrogens with zero attached hydrogens (tertiary/aromatic N) is 4. The van der Waals surface area contributed by atoms with Gasteiger partial charge in [0.1, 0.15) is 0 Å². The Kier molecular flexibility index (Phi) is 4.63. The van der Waals surface area contributed by atoms with Gasteiger partial charge in [-0.05, 0) is 17.5 Å². The Morgan fingerprint density at radius 3 is 2.77 bits per heavy atom. The van der Waals surface area contributed by atoms with Crippen LogP contribution in [0.2, 0.25) is 0 Å². The molecular weight excluding hydrogens is 354 g/mol. The molecule has 0 aliphatic carbocycles. The number of amides is 1. The minimum Gasteiger partial charge on any atom is -0.338 e. The molecule has 0 radical (unpaired) electrons. The summed E-state index contributed by atoms with van der Waals surface area (Å²) in [6, 6.07) is 4.88. The maximum atomic E-state index is 12.5. The third-order valence-corrected chi connectivity index (χ3v) is 4.98. The van der Waals surface area contributed by atoms with Gasteiger partial charge in [-0.25, -0.2) is 0 Å². The summed E-state index contributed by atoms with van der Waals surface area (Å²) in [5.41, 5.74) is 1.24. The first-order valence-corrected chi connectivity index (χ1v) is 9.19. The Morgan fingerprint density at radius 2 is 2.08 bits per heavy atom. The first kappa shape index (κ1) is 16.7. The van der Waals surface area contributed by atoms with Crippen LogP contribution in [0, 0.1) is 0 Å². The lowest BCUT2D eigenvalue weighted by atomic mass is 10.2. The van der Waals surface area contributed by atoms with Crippen LogP contribution in [0.5, 0.6) is 0 Å². The van der Waals surface area contributed by atoms with Gasteiger partial charge in [-0.15, -0.1) is 0 Å². The molecule has 134 valence electrons. The minimum absolute atomic E-state index is 0.0709. The van der Waals surface area contributed by atoms with Gasteiger partial charge >= 0.3 is 0 Å². The number of pyridine rings is 1. The Hall–Kier alpha value is -2.78. The first-order chi connectivity index (χ1) is 12.7. The lowest BCUT2D eigenvalue weighted by Gasteiger charge is -2.33. The standard InChI is InChI=1S/C17H17N5O3S/c23-14-2-1-12(9-18-14)17(24)22-6-4-21(5-7-22)10-15-19-16(20-25-15)13-3-8-26-11-13/h1-3,8-9,11H,4-7,10H2,(H,18,23). The summed E-state index contributed by atoms with van der Waals surface area (Å²) < 4.78 is 5.33. The van der Waals surface area contributed by atoms with Crippen LogP contribution in [0.15, 0.2) is 44.5 Å². The van der Waals surface area contributed by atoms with Crippen molar-refractivity contribution in [2.24, 2.45) is 0 Å². The zero-order valence-corrected chi connectivity index (χ0v) is 14.7. The van der Waals surface area contributed by atoms with E-state index in [1.807, 2.05) is 16.8 Å². The first-order valence-electron chi connectivity index (χ1n) is 8.24. The van der Waals surface area contributed by atoms with Crippen molar-refractivity contribution in [1.29, 1.82) is 0 Å². The summed E-state index contributed by atoms with van der Waals surface area (Å²) in [5, 5.41) is 7.97. The monoisotopic (exact) mass is 371 g/mol. The normalized spacial score (nSPS) is 15.3. The van der Waals surface area contributed by atoms with Gasteiger partial charge in [0.25, 0.3) is 5.91 Å². The molecule has 1 aliphatic heterocycles. The molecule has 0 spiro atoms. The second-order valence-electron chi connectivity index (χ2n) is 6.03. The zero-order valence-electron chi connectivity index (χ0n) is 13.9. The van der Waals surface area contributed by atoms with Crippen LogP contribution in [0.4, 0.5) is 0 Å². The van der Waals surface area contributed by atoms with Crippen molar-refractivity contribution in [2.75, 3.05) is 26.2 Å². The fraction of sp³-hybridized carbons (Fsp3) is 0.294. The molecule has 1 aliphatic rings. The number of aromatic nitrogens is 3. The number of H-pyrrole nitrogens is 1. The highest BCUT2D eigenvalue weighted by Crippen LogP contribution is 2.19. The second kappa shape index (κ2) is 7.22. The predicted octanol–water partition coefficient (Wildman–Crippen LogP) is 1.44. The number of rotatable bonds is 4. The zero-order chi connectivity index (χ0) is 17.9. The number of carbonyl (C=O) groups excluding carboxylic acids is 1. The van der Waals surface area contributed by atoms with Crippen LogP contribution in [-0.4, -0.2) is 57.0 Å². The Bertz CT molecular complexity index is 921. The highest BCUT2D eigenvalue weighted by atomic mass is 32.1. The molecule has 8 nitrogen and oxygen atoms in total. The van der Waals surface area contributed by atoms with E-state index in [1.54, 1.807) is 22.3 Å². The van der Waals surface area contributed by atoms with Crippen molar-refractivity contribution in [2.45, 2.75) is 6.54 Å². The summed E-state index contributed by atoms with van der Waals surface area (Å²) in [7, 11) is 0. The lowest BCUT2D eigenvalue weighted by molar-refractivity contribution is 0.0614. The van der Waals surface area contributed by atoms with Crippen LogP contribution in [-0.2, 0) is 6.54 Å². The largest absolute Gasteiger partial charge is 0.338 e. The Morgan fingerprint density at radius 1 is 1.23 bits per heavy atom. The molecule has 0 saturated carbocycles. The minimum atomic E-state index is -0.215. The molecule has 0 bridgehead atoms. The van der Waals surface area contributed by atoms with E-state index in [1.165, 1.54) is 12.3 Å². The van der Waals surface area contributed by atoms with E-state index in [0.29, 0.717) is 36.9 Å². The average Bonchev–Trinajstić information content (AvgIpc) is 3.34. The molecule has 0 unspecified atom stereocenters. The summed E-state index contributed by atoms with van der Waals surface area (Å²) in [5.74, 6) is 1.11. The van der Waals surface area contributed by atoms with Crippen LogP contribution in [0.3, 0.4) is 0 Å². The molecule has 1 fully saturated rings. The third-order valence-electron chi connectivity index (χ3n) is 4.30. The van der Waals surface area contributed by atoms with Gasteiger partial charge in [0.15, 0.2) is 0 Å². The van der Waals surface area contributed by atoms with Gasteiger partial charge < -0.3 is 14.4 Å². The molecule has 1 saturated heterocycles. The van der Waals surface area contributed by atoms with E-state index >= 15 is 0 Å². The molecule has 26 heavy (non-hydrogen) atoms. The van der Waals surface area contributed by atoms with Gasteiger partial charge in [0, 0.05) is 49.4 Å². The molecule has 1 amide bonds. The van der Waals surface area contributed by atoms with E-state index in [0.717, 1.165) is 18.7 Å². The summed E-state index contributed by atoms with van der Waals surface area (Å²) in [6.07, 6.45) is 1.46. The summed E-state index contributed by atoms with van der Waals surface area (Å²) >= 11 is 1.59. The highest BCUT2D eigenvalue weighted by molar-refractivity contribution is 7.08. The number of piperazine rings is 1. The number of aromatic amines is 1. The third kappa shape index (κ3) is 3.58. The van der Waals surface area contributed by atoms with Crippen LogP contribution >= 0.6 is 11.3 Å². The average molecular weight is 371 g/mol. The SMILES string of the molecule is O=C(c1ccc(=O)[nH]c1)N1CCN(Cc2nc(-c3ccsc3)no2)CC1. The van der Waals surface area contributed by atoms with E-state index in [2.05, 4.69) is 20.0 Å². The Balaban J connectivity index is 1.33. The molecule has 0 aromatic carbocycles. The molecule has 0 atom stereocenters. The van der Waals surface area contributed by atoms with Crippen molar-refractivity contribution in [3.63, 3.8) is 0 Å². The fourth-order valence-corrected chi connectivity index (χ4v) is 3.49. The summed E-state index contributed by atoms with van der Waals surface area (Å²) in [4.78, 5) is 34.5. The number of thiophene rings is 1. The van der Waals surface area contributed by atoms with E-state index in [4.69, 9.17) is 4.52 Å². The smallest absolute Gasteiger partial charge is 0.255 e. The van der Waals surface area contributed by atoms with Crippen LogP contribution in [0.1, 0.15) is 16.2 Å². The maximum Gasteiger partial charge on any atom is 0.255 e. The van der Waals surface area contributed by atoms with Crippen molar-refractivity contribution < 1.29 is 9.32 Å². The molecule has 4 heterocycles. The molecular formula is C17H17N5O3S. The topological polar surface area (TPSA) is 95.3 Å². The molecule has 1 N–H and O–H groups in total.